The fourth-order valence-electron chi connectivity index (χ4n) is 1.91. The molecule has 0 aliphatic rings. The highest BCUT2D eigenvalue weighted by atomic mass is 16.5. The second-order valence-electron chi connectivity index (χ2n) is 4.16. The van der Waals surface area contributed by atoms with E-state index in [0.717, 1.165) is 22.3 Å². The van der Waals surface area contributed by atoms with E-state index in [-0.39, 0.29) is 6.61 Å². The minimum Gasteiger partial charge on any atom is -0.496 e. The van der Waals surface area contributed by atoms with Crippen molar-refractivity contribution in [3.05, 3.63) is 30.5 Å². The van der Waals surface area contributed by atoms with Crippen LogP contribution in [0.4, 0.5) is 5.82 Å². The van der Waals surface area contributed by atoms with Crippen molar-refractivity contribution in [1.29, 1.82) is 0 Å². The number of benzene rings is 1. The highest BCUT2D eigenvalue weighted by Crippen LogP contribution is 2.28. The number of fused-ring (bicyclic) bond motifs is 1. The summed E-state index contributed by atoms with van der Waals surface area (Å²) >= 11 is 0. The Kier molecular flexibility index (Phi) is 4.73. The van der Waals surface area contributed by atoms with E-state index in [1.807, 2.05) is 24.3 Å². The summed E-state index contributed by atoms with van der Waals surface area (Å²) in [5.41, 5.74) is 4.98. The van der Waals surface area contributed by atoms with Crippen molar-refractivity contribution in [1.82, 2.24) is 4.98 Å². The molecule has 6 heteroatoms. The van der Waals surface area contributed by atoms with E-state index in [1.165, 1.54) is 0 Å². The summed E-state index contributed by atoms with van der Waals surface area (Å²) in [6.07, 6.45) is 1.72. The van der Waals surface area contributed by atoms with E-state index in [0.29, 0.717) is 13.2 Å². The molecule has 0 bridgehead atoms. The van der Waals surface area contributed by atoms with E-state index in [4.69, 9.17) is 15.2 Å². The summed E-state index contributed by atoms with van der Waals surface area (Å²) < 4.78 is 10.4. The molecule has 2 aromatic rings. The number of pyridine rings is 1. The molecule has 0 unspecified atom stereocenters. The van der Waals surface area contributed by atoms with Gasteiger partial charge < -0.3 is 20.5 Å². The lowest BCUT2D eigenvalue weighted by molar-refractivity contribution is -0.122. The van der Waals surface area contributed by atoms with Crippen LogP contribution in [0.3, 0.4) is 0 Å². The third-order valence-corrected chi connectivity index (χ3v) is 2.77. The molecule has 1 aromatic heterocycles. The molecule has 0 atom stereocenters. The van der Waals surface area contributed by atoms with E-state index < -0.39 is 5.91 Å². The van der Waals surface area contributed by atoms with E-state index >= 15 is 0 Å². The molecule has 0 radical (unpaired) electrons. The molecule has 0 spiro atoms. The summed E-state index contributed by atoms with van der Waals surface area (Å²) in [6, 6.07) is 7.69. The first-order valence-electron chi connectivity index (χ1n) is 6.24. The Morgan fingerprint density at radius 1 is 1.35 bits per heavy atom. The molecule has 0 saturated heterocycles. The third-order valence-electron chi connectivity index (χ3n) is 2.77. The van der Waals surface area contributed by atoms with Crippen molar-refractivity contribution < 1.29 is 14.3 Å². The van der Waals surface area contributed by atoms with Crippen LogP contribution in [0, 0.1) is 0 Å². The minimum atomic E-state index is -0.474. The van der Waals surface area contributed by atoms with Crippen LogP contribution in [0.1, 0.15) is 0 Å². The van der Waals surface area contributed by atoms with E-state index in [1.54, 1.807) is 13.3 Å². The van der Waals surface area contributed by atoms with Gasteiger partial charge in [0, 0.05) is 23.5 Å². The van der Waals surface area contributed by atoms with E-state index in [2.05, 4.69) is 10.3 Å². The van der Waals surface area contributed by atoms with Crippen LogP contribution < -0.4 is 15.8 Å². The lowest BCUT2D eigenvalue weighted by Crippen LogP contribution is -2.20. The lowest BCUT2D eigenvalue weighted by atomic mass is 10.1. The Bertz CT molecular complexity index is 601. The van der Waals surface area contributed by atoms with Crippen LogP contribution in [-0.4, -0.2) is 37.8 Å². The Balaban J connectivity index is 2.05. The molecule has 1 aromatic carbocycles. The zero-order valence-electron chi connectivity index (χ0n) is 11.3. The van der Waals surface area contributed by atoms with Crippen LogP contribution in [-0.2, 0) is 9.53 Å². The highest BCUT2D eigenvalue weighted by molar-refractivity contribution is 5.95. The maximum absolute atomic E-state index is 10.5. The third kappa shape index (κ3) is 3.36. The SMILES string of the molecule is COc1cccc2c(NCCOCC(N)=O)nccc12. The molecular formula is C14H17N3O3. The van der Waals surface area contributed by atoms with Crippen molar-refractivity contribution in [2.24, 2.45) is 5.73 Å². The van der Waals surface area contributed by atoms with Crippen molar-refractivity contribution >= 4 is 22.5 Å². The van der Waals surface area contributed by atoms with Gasteiger partial charge in [0.15, 0.2) is 0 Å². The van der Waals surface area contributed by atoms with Gasteiger partial charge in [0.25, 0.3) is 0 Å². The molecule has 0 aliphatic heterocycles. The molecule has 6 nitrogen and oxygen atoms in total. The second-order valence-corrected chi connectivity index (χ2v) is 4.16. The molecule has 1 heterocycles. The number of rotatable bonds is 7. The largest absolute Gasteiger partial charge is 0.496 e. The van der Waals surface area contributed by atoms with Crippen LogP contribution in [0.5, 0.6) is 5.75 Å². The molecule has 0 fully saturated rings. The highest BCUT2D eigenvalue weighted by Gasteiger charge is 2.05. The van der Waals surface area contributed by atoms with Crippen LogP contribution >= 0.6 is 0 Å². The molecule has 3 N–H and O–H groups in total. The zero-order valence-corrected chi connectivity index (χ0v) is 11.3. The Hall–Kier alpha value is -2.34. The smallest absolute Gasteiger partial charge is 0.243 e. The number of amides is 1. The van der Waals surface area contributed by atoms with Crippen LogP contribution in [0.2, 0.25) is 0 Å². The molecule has 1 amide bonds. The van der Waals surface area contributed by atoms with Crippen LogP contribution in [0.25, 0.3) is 10.8 Å². The summed E-state index contributed by atoms with van der Waals surface area (Å²) in [5, 5.41) is 5.13. The number of ether oxygens (including phenoxy) is 2. The molecule has 106 valence electrons. The summed E-state index contributed by atoms with van der Waals surface area (Å²) in [6.45, 7) is 0.847. The van der Waals surface area contributed by atoms with Crippen molar-refractivity contribution in [3.63, 3.8) is 0 Å². The van der Waals surface area contributed by atoms with Crippen LogP contribution in [0.15, 0.2) is 30.5 Å². The predicted octanol–water partition coefficient (Wildman–Crippen LogP) is 1.16. The van der Waals surface area contributed by atoms with Crippen molar-refractivity contribution in [2.45, 2.75) is 0 Å². The normalized spacial score (nSPS) is 10.4. The number of anilines is 1. The number of nitrogens with two attached hydrogens (primary N) is 1. The average Bonchev–Trinajstić information content (AvgIpc) is 2.46. The van der Waals surface area contributed by atoms with Gasteiger partial charge in [-0.3, -0.25) is 4.79 Å². The first-order chi connectivity index (χ1) is 9.72. The molecule has 0 aliphatic carbocycles. The van der Waals surface area contributed by atoms with Gasteiger partial charge in [0.05, 0.1) is 13.7 Å². The number of aromatic nitrogens is 1. The van der Waals surface area contributed by atoms with Crippen molar-refractivity contribution in [2.75, 3.05) is 32.2 Å². The Morgan fingerprint density at radius 2 is 2.20 bits per heavy atom. The Labute approximate surface area is 116 Å². The lowest BCUT2D eigenvalue weighted by Gasteiger charge is -2.10. The maximum atomic E-state index is 10.5. The number of carbonyl (C=O) groups excluding carboxylic acids is 1. The van der Waals surface area contributed by atoms with Gasteiger partial charge in [0.2, 0.25) is 5.91 Å². The number of hydrogen-bond donors (Lipinski definition) is 2. The maximum Gasteiger partial charge on any atom is 0.243 e. The molecular weight excluding hydrogens is 258 g/mol. The van der Waals surface area contributed by atoms with Gasteiger partial charge in [-0.1, -0.05) is 12.1 Å². The fraction of sp³-hybridized carbons (Fsp3) is 0.286. The molecule has 2 rings (SSSR count). The van der Waals surface area contributed by atoms with Gasteiger partial charge in [-0.15, -0.1) is 0 Å². The predicted molar refractivity (Wildman–Crippen MR) is 76.8 cm³/mol. The number of methoxy groups -OCH3 is 1. The van der Waals surface area contributed by atoms with Gasteiger partial charge in [-0.25, -0.2) is 4.98 Å². The van der Waals surface area contributed by atoms with Gasteiger partial charge in [0.1, 0.15) is 18.2 Å². The minimum absolute atomic E-state index is 0.0710. The number of hydrogen-bond acceptors (Lipinski definition) is 5. The van der Waals surface area contributed by atoms with Gasteiger partial charge in [-0.05, 0) is 12.1 Å². The standard InChI is InChI=1S/C14H17N3O3/c1-19-12-4-2-3-11-10(12)5-6-16-14(11)17-7-8-20-9-13(15)18/h2-6H,7-9H2,1H3,(H2,15,18)(H,16,17). The second kappa shape index (κ2) is 6.72. The van der Waals surface area contributed by atoms with Crippen molar-refractivity contribution in [3.8, 4) is 5.75 Å². The number of nitrogens with one attached hydrogen (secondary N) is 1. The number of nitrogens with zero attached hydrogens (tertiary/aromatic N) is 1. The average molecular weight is 275 g/mol. The quantitative estimate of drug-likeness (QED) is 0.740. The summed E-state index contributed by atoms with van der Waals surface area (Å²) in [5.74, 6) is 1.08. The first kappa shape index (κ1) is 14.1. The zero-order chi connectivity index (χ0) is 14.4. The van der Waals surface area contributed by atoms with Gasteiger partial charge >= 0.3 is 0 Å². The summed E-state index contributed by atoms with van der Waals surface area (Å²) in [4.78, 5) is 14.8. The Morgan fingerprint density at radius 3 is 2.95 bits per heavy atom. The molecule has 20 heavy (non-hydrogen) atoms. The topological polar surface area (TPSA) is 86.5 Å². The first-order valence-corrected chi connectivity index (χ1v) is 6.24. The van der Waals surface area contributed by atoms with Gasteiger partial charge in [-0.2, -0.15) is 0 Å². The molecule has 0 saturated carbocycles. The van der Waals surface area contributed by atoms with E-state index in [9.17, 15) is 4.79 Å². The summed E-state index contributed by atoms with van der Waals surface area (Å²) in [7, 11) is 1.64. The fourth-order valence-corrected chi connectivity index (χ4v) is 1.91. The monoisotopic (exact) mass is 275 g/mol. The number of primary amides is 1. The number of carbonyl (C=O) groups is 1.